The summed E-state index contributed by atoms with van der Waals surface area (Å²) >= 11 is 0. The van der Waals surface area contributed by atoms with Gasteiger partial charge in [0.1, 0.15) is 0 Å². The van der Waals surface area contributed by atoms with Gasteiger partial charge in [0, 0.05) is 12.6 Å². The fourth-order valence-electron chi connectivity index (χ4n) is 3.21. The Bertz CT molecular complexity index is 513. The Morgan fingerprint density at radius 3 is 2.77 bits per heavy atom. The van der Waals surface area contributed by atoms with Gasteiger partial charge in [0.2, 0.25) is 0 Å². The van der Waals surface area contributed by atoms with E-state index in [0.29, 0.717) is 19.2 Å². The number of hydrogen-bond donors (Lipinski definition) is 3. The van der Waals surface area contributed by atoms with E-state index in [4.69, 9.17) is 4.74 Å². The highest BCUT2D eigenvalue weighted by Crippen LogP contribution is 2.23. The van der Waals surface area contributed by atoms with Crippen LogP contribution in [0.4, 0.5) is 0 Å². The average molecular weight is 475 g/mol. The lowest BCUT2D eigenvalue weighted by Crippen LogP contribution is -2.45. The first-order valence-corrected chi connectivity index (χ1v) is 9.52. The van der Waals surface area contributed by atoms with Crippen molar-refractivity contribution in [1.82, 2.24) is 10.6 Å². The molecule has 1 saturated carbocycles. The van der Waals surface area contributed by atoms with E-state index in [-0.39, 0.29) is 30.6 Å². The summed E-state index contributed by atoms with van der Waals surface area (Å²) in [6.45, 7) is 6.32. The maximum absolute atomic E-state index is 10.1. The lowest BCUT2D eigenvalue weighted by Gasteiger charge is -2.29. The normalized spacial score (nSPS) is 21.6. The summed E-state index contributed by atoms with van der Waals surface area (Å²) in [5.41, 5.74) is 1.11. The maximum Gasteiger partial charge on any atom is 0.191 e. The number of hydrogen-bond acceptors (Lipinski definition) is 3. The second kappa shape index (κ2) is 13.3. The first-order valence-electron chi connectivity index (χ1n) is 9.52. The lowest BCUT2D eigenvalue weighted by molar-refractivity contribution is 0.0331. The van der Waals surface area contributed by atoms with E-state index in [2.05, 4.69) is 29.5 Å². The number of aliphatic hydroxyl groups is 1. The van der Waals surface area contributed by atoms with Gasteiger partial charge in [-0.05, 0) is 31.2 Å². The van der Waals surface area contributed by atoms with Gasteiger partial charge in [-0.15, -0.1) is 24.0 Å². The van der Waals surface area contributed by atoms with Crippen molar-refractivity contribution < 1.29 is 9.84 Å². The van der Waals surface area contributed by atoms with E-state index in [1.165, 1.54) is 25.7 Å². The minimum atomic E-state index is -0.593. The van der Waals surface area contributed by atoms with Crippen molar-refractivity contribution >= 4 is 29.9 Å². The molecule has 0 amide bonds. The molecule has 1 aliphatic rings. The molecule has 6 heteroatoms. The first-order chi connectivity index (χ1) is 12.2. The summed E-state index contributed by atoms with van der Waals surface area (Å²) in [4.78, 5) is 4.52. The lowest BCUT2D eigenvalue weighted by atomic mass is 9.87. The number of nitrogens with one attached hydrogen (secondary N) is 2. The van der Waals surface area contributed by atoms with Crippen LogP contribution in [0.1, 0.15) is 45.1 Å². The van der Waals surface area contributed by atoms with Gasteiger partial charge in [-0.25, -0.2) is 0 Å². The standard InChI is InChI=1S/C20H33N3O2.HI/c1-3-21-20(23-18-11-7-8-16(2)12-18)22-13-19(24)15-25-14-17-9-5-4-6-10-17;/h4-6,9-10,16,18-19,24H,3,7-8,11-15H2,1-2H3,(H2,21,22,23);1H. The smallest absolute Gasteiger partial charge is 0.191 e. The number of aliphatic imine (C=N–C) groups is 1. The molecule has 0 saturated heterocycles. The third-order valence-corrected chi connectivity index (χ3v) is 4.50. The molecule has 3 N–H and O–H groups in total. The monoisotopic (exact) mass is 475 g/mol. The van der Waals surface area contributed by atoms with Gasteiger partial charge >= 0.3 is 0 Å². The fraction of sp³-hybridized carbons (Fsp3) is 0.650. The second-order valence-corrected chi connectivity index (χ2v) is 6.99. The first kappa shape index (κ1) is 23.2. The topological polar surface area (TPSA) is 65.9 Å². The summed E-state index contributed by atoms with van der Waals surface area (Å²) in [5, 5.41) is 16.9. The van der Waals surface area contributed by atoms with Gasteiger partial charge in [-0.2, -0.15) is 0 Å². The molecule has 0 aliphatic heterocycles. The van der Waals surface area contributed by atoms with Crippen molar-refractivity contribution in [3.63, 3.8) is 0 Å². The highest BCUT2D eigenvalue weighted by molar-refractivity contribution is 14.0. The zero-order valence-corrected chi connectivity index (χ0v) is 18.3. The predicted molar refractivity (Wildman–Crippen MR) is 118 cm³/mol. The molecule has 3 atom stereocenters. The Balaban J connectivity index is 0.00000338. The molecule has 0 bridgehead atoms. The van der Waals surface area contributed by atoms with Crippen molar-refractivity contribution in [1.29, 1.82) is 0 Å². The van der Waals surface area contributed by atoms with Gasteiger partial charge < -0.3 is 20.5 Å². The number of aliphatic hydroxyl groups excluding tert-OH is 1. The van der Waals surface area contributed by atoms with E-state index in [1.807, 2.05) is 30.3 Å². The van der Waals surface area contributed by atoms with Gasteiger partial charge in [0.05, 0.1) is 25.9 Å². The largest absolute Gasteiger partial charge is 0.389 e. The summed E-state index contributed by atoms with van der Waals surface area (Å²) in [5.74, 6) is 1.56. The van der Waals surface area contributed by atoms with Crippen molar-refractivity contribution in [2.45, 2.75) is 58.3 Å². The number of nitrogens with zero attached hydrogens (tertiary/aromatic N) is 1. The quantitative estimate of drug-likeness (QED) is 0.307. The average Bonchev–Trinajstić information content (AvgIpc) is 2.61. The molecule has 1 aromatic carbocycles. The Morgan fingerprint density at radius 2 is 2.08 bits per heavy atom. The van der Waals surface area contributed by atoms with Gasteiger partial charge in [-0.3, -0.25) is 4.99 Å². The van der Waals surface area contributed by atoms with E-state index in [9.17, 15) is 5.11 Å². The van der Waals surface area contributed by atoms with E-state index in [1.54, 1.807) is 0 Å². The molecule has 5 nitrogen and oxygen atoms in total. The van der Waals surface area contributed by atoms with Gasteiger partial charge in [0.25, 0.3) is 0 Å². The Hall–Kier alpha value is -0.860. The molecule has 2 rings (SSSR count). The van der Waals surface area contributed by atoms with Crippen molar-refractivity contribution in [3.8, 4) is 0 Å². The highest BCUT2D eigenvalue weighted by Gasteiger charge is 2.19. The number of ether oxygens (including phenoxy) is 1. The maximum atomic E-state index is 10.1. The number of guanidine groups is 1. The van der Waals surface area contributed by atoms with Crippen LogP contribution in [0.25, 0.3) is 0 Å². The molecular weight excluding hydrogens is 441 g/mol. The number of halogens is 1. The van der Waals surface area contributed by atoms with E-state index < -0.39 is 6.10 Å². The van der Waals surface area contributed by atoms with Crippen molar-refractivity contribution in [2.75, 3.05) is 19.7 Å². The number of benzene rings is 1. The molecule has 3 unspecified atom stereocenters. The van der Waals surface area contributed by atoms with Crippen LogP contribution in [0.2, 0.25) is 0 Å². The van der Waals surface area contributed by atoms with Crippen LogP contribution in [0.3, 0.4) is 0 Å². The van der Waals surface area contributed by atoms with Crippen LogP contribution in [0, 0.1) is 5.92 Å². The van der Waals surface area contributed by atoms with Crippen LogP contribution in [0.5, 0.6) is 0 Å². The molecular formula is C20H34IN3O2. The van der Waals surface area contributed by atoms with Crippen LogP contribution in [-0.2, 0) is 11.3 Å². The molecule has 148 valence electrons. The van der Waals surface area contributed by atoms with Crippen LogP contribution in [-0.4, -0.2) is 42.9 Å². The molecule has 0 spiro atoms. The van der Waals surface area contributed by atoms with E-state index >= 15 is 0 Å². The molecule has 1 aromatic rings. The van der Waals surface area contributed by atoms with Crippen molar-refractivity contribution in [3.05, 3.63) is 35.9 Å². The summed E-state index contributed by atoms with van der Waals surface area (Å²) in [7, 11) is 0. The van der Waals surface area contributed by atoms with Crippen molar-refractivity contribution in [2.24, 2.45) is 10.9 Å². The van der Waals surface area contributed by atoms with Gasteiger partial charge in [0.15, 0.2) is 5.96 Å². The third kappa shape index (κ3) is 9.19. The molecule has 0 radical (unpaired) electrons. The summed E-state index contributed by atoms with van der Waals surface area (Å²) in [6.07, 6.45) is 4.38. The summed E-state index contributed by atoms with van der Waals surface area (Å²) < 4.78 is 5.58. The van der Waals surface area contributed by atoms with E-state index in [0.717, 1.165) is 24.0 Å². The third-order valence-electron chi connectivity index (χ3n) is 4.50. The zero-order chi connectivity index (χ0) is 17.9. The minimum Gasteiger partial charge on any atom is -0.389 e. The SMILES string of the molecule is CCNC(=NCC(O)COCc1ccccc1)NC1CCCC(C)C1.I. The molecule has 1 aliphatic carbocycles. The molecule has 26 heavy (non-hydrogen) atoms. The van der Waals surface area contributed by atoms with Crippen LogP contribution in [0.15, 0.2) is 35.3 Å². The zero-order valence-electron chi connectivity index (χ0n) is 16.0. The van der Waals surface area contributed by atoms with Crippen LogP contribution >= 0.6 is 24.0 Å². The highest BCUT2D eigenvalue weighted by atomic mass is 127. The second-order valence-electron chi connectivity index (χ2n) is 6.99. The molecule has 0 heterocycles. The summed E-state index contributed by atoms with van der Waals surface area (Å²) in [6, 6.07) is 10.5. The molecule has 0 aromatic heterocycles. The van der Waals surface area contributed by atoms with Gasteiger partial charge in [-0.1, -0.05) is 50.1 Å². The number of rotatable bonds is 8. The van der Waals surface area contributed by atoms with Crippen LogP contribution < -0.4 is 10.6 Å². The predicted octanol–water partition coefficient (Wildman–Crippen LogP) is 3.32. The fourth-order valence-corrected chi connectivity index (χ4v) is 3.21. The minimum absolute atomic E-state index is 0. The Kier molecular flexibility index (Phi) is 11.9. The Morgan fingerprint density at radius 1 is 1.31 bits per heavy atom. The molecule has 1 fully saturated rings. The Labute approximate surface area is 175 Å².